The lowest BCUT2D eigenvalue weighted by atomic mass is 10.0. The normalized spacial score (nSPS) is 35.2. The second kappa shape index (κ2) is 14.6. The van der Waals surface area contributed by atoms with Crippen molar-refractivity contribution in [2.24, 2.45) is 11.5 Å². The number of nitrogens with two attached hydrogens (primary N) is 3. The Balaban J connectivity index is 1.20. The fourth-order valence-electron chi connectivity index (χ4n) is 5.81. The van der Waals surface area contributed by atoms with E-state index in [4.69, 9.17) is 45.2 Å². The minimum Gasteiger partial charge on any atom is -0.423 e. The Morgan fingerprint density at radius 1 is 1.06 bits per heavy atom. The van der Waals surface area contributed by atoms with Gasteiger partial charge in [-0.25, -0.2) is 24.1 Å². The molecule has 6 rings (SSSR count). The number of nitrogens with zero attached hydrogens (tertiary/aromatic N) is 5. The van der Waals surface area contributed by atoms with Crippen LogP contribution in [0.15, 0.2) is 36.7 Å². The van der Waals surface area contributed by atoms with Gasteiger partial charge in [0, 0.05) is 24.4 Å². The Hall–Kier alpha value is -3.98. The Morgan fingerprint density at radius 2 is 1.78 bits per heavy atom. The second-order valence-electron chi connectivity index (χ2n) is 12.2. The van der Waals surface area contributed by atoms with Crippen LogP contribution in [0.4, 0.5) is 5.82 Å². The first-order chi connectivity index (χ1) is 25.3. The third kappa shape index (κ3) is 7.49. The number of phosphoric acid groups is 2. The third-order valence-corrected chi connectivity index (χ3v) is 11.2. The summed E-state index contributed by atoms with van der Waals surface area (Å²) in [6.45, 7) is -2.70. The van der Waals surface area contributed by atoms with Crippen molar-refractivity contribution in [3.05, 3.63) is 36.7 Å². The number of rotatable bonds is 11. The van der Waals surface area contributed by atoms with Gasteiger partial charge in [-0.15, -0.1) is 0 Å². The number of aliphatic hydroxyl groups excluding tert-OH is 3. The molecule has 1 amide bonds. The average Bonchev–Trinajstić information content (AvgIpc) is 3.73. The van der Waals surface area contributed by atoms with E-state index in [-0.39, 0.29) is 35.4 Å². The highest BCUT2D eigenvalue weighted by molar-refractivity contribution is 7.61. The zero-order valence-electron chi connectivity index (χ0n) is 27.4. The lowest BCUT2D eigenvalue weighted by Gasteiger charge is -2.38. The van der Waals surface area contributed by atoms with Crippen LogP contribution < -0.4 is 17.2 Å². The molecule has 296 valence electrons. The van der Waals surface area contributed by atoms with E-state index in [1.165, 1.54) is 23.4 Å². The molecule has 26 nitrogen and oxygen atoms in total. The fraction of sp³-hybridized carbons (Fsp3) is 0.538. The first kappa shape index (κ1) is 39.7. The molecule has 11 atom stereocenters. The number of nitrogen functional groups attached to an aromatic ring is 1. The number of carbonyl (C=O) groups excluding carboxylic acids is 3. The quantitative estimate of drug-likeness (QED) is 0.0775. The Bertz CT molecular complexity index is 1980. The molecule has 4 aliphatic heterocycles. The highest BCUT2D eigenvalue weighted by Gasteiger charge is 2.73. The van der Waals surface area contributed by atoms with E-state index >= 15 is 0 Å². The van der Waals surface area contributed by atoms with Crippen LogP contribution in [0.5, 0.6) is 0 Å². The number of imidazole rings is 1. The minimum absolute atomic E-state index is 0.0207. The van der Waals surface area contributed by atoms with Crippen LogP contribution in [0.1, 0.15) is 25.5 Å². The molecule has 2 aromatic rings. The molecule has 0 aliphatic carbocycles. The van der Waals surface area contributed by atoms with Gasteiger partial charge in [-0.3, -0.25) is 28.0 Å². The first-order valence-electron chi connectivity index (χ1n) is 15.6. The third-order valence-electron chi connectivity index (χ3n) is 8.58. The summed E-state index contributed by atoms with van der Waals surface area (Å²) in [7, 11) is -11.6. The smallest absolute Gasteiger partial charge is 0.423 e. The molecule has 5 unspecified atom stereocenters. The lowest BCUT2D eigenvalue weighted by Crippen LogP contribution is -2.63. The Morgan fingerprint density at radius 3 is 2.50 bits per heavy atom. The number of allylic oxidation sites excluding steroid dienone is 1. The summed E-state index contributed by atoms with van der Waals surface area (Å²) in [6, 6.07) is -1.57. The number of aromatic nitrogens is 4. The zero-order chi connectivity index (χ0) is 39.4. The molecule has 0 aromatic carbocycles. The predicted molar refractivity (Wildman–Crippen MR) is 169 cm³/mol. The van der Waals surface area contributed by atoms with E-state index in [0.29, 0.717) is 0 Å². The molecule has 54 heavy (non-hydrogen) atoms. The standard InChI is InChI=1S/C26H34N8O18P2/c27-12-3-4-14(35)49-26(41)18(38)23(34-10-32-15-19(28)30-9-31-21(15)34)50-25(26,51-24(12)40)8-47-54(44,45)52-53(42,43)46-7-13-16(36)17(37)22(48-13)33-5-1-2-11(6-33)20(29)39/h1,5-6,9-10,12-13,16-18,22-23,36-38,41H,2-4,7-8,27H2,(H2,29,39)(H,42,43)(H,44,45)(H2,28,30,31)/t12-,13-,16?,17?,18+,22?,23-,25-,26+/m1/s1. The summed E-state index contributed by atoms with van der Waals surface area (Å²) in [5.41, 5.74) is 16.9. The first-order valence-corrected chi connectivity index (χ1v) is 18.6. The molecule has 3 saturated heterocycles. The van der Waals surface area contributed by atoms with Gasteiger partial charge in [-0.05, 0) is 12.8 Å². The van der Waals surface area contributed by atoms with Crippen molar-refractivity contribution >= 4 is 50.5 Å². The van der Waals surface area contributed by atoms with Crippen molar-refractivity contribution in [1.82, 2.24) is 24.4 Å². The monoisotopic (exact) mass is 808 g/mol. The summed E-state index contributed by atoms with van der Waals surface area (Å²) in [5.74, 6) is -10.2. The van der Waals surface area contributed by atoms with Crippen LogP contribution >= 0.6 is 15.6 Å². The number of ether oxygens (including phenoxy) is 4. The molecule has 28 heteroatoms. The van der Waals surface area contributed by atoms with Gasteiger partial charge >= 0.3 is 39.2 Å². The maximum Gasteiger partial charge on any atom is 0.481 e. The number of amides is 1. The van der Waals surface area contributed by atoms with Crippen LogP contribution in [0.25, 0.3) is 11.2 Å². The number of fused-ring (bicyclic) bond motifs is 2. The van der Waals surface area contributed by atoms with Crippen molar-refractivity contribution in [2.45, 2.75) is 73.8 Å². The van der Waals surface area contributed by atoms with E-state index in [1.54, 1.807) is 0 Å². The van der Waals surface area contributed by atoms with Crippen LogP contribution in [-0.2, 0) is 55.8 Å². The summed E-state index contributed by atoms with van der Waals surface area (Å²) in [6.07, 6.45) is -5.24. The summed E-state index contributed by atoms with van der Waals surface area (Å²) in [5, 5.41) is 44.1. The predicted octanol–water partition coefficient (Wildman–Crippen LogP) is -3.82. The Kier molecular flexibility index (Phi) is 10.7. The largest absolute Gasteiger partial charge is 0.481 e. The van der Waals surface area contributed by atoms with Crippen molar-refractivity contribution in [3.63, 3.8) is 0 Å². The zero-order valence-corrected chi connectivity index (χ0v) is 29.2. The van der Waals surface area contributed by atoms with Crippen LogP contribution in [0.3, 0.4) is 0 Å². The molecule has 6 heterocycles. The lowest BCUT2D eigenvalue weighted by molar-refractivity contribution is -0.357. The van der Waals surface area contributed by atoms with E-state index in [1.807, 2.05) is 0 Å². The molecular weight excluding hydrogens is 774 g/mol. The molecule has 0 spiro atoms. The summed E-state index contributed by atoms with van der Waals surface area (Å²) >= 11 is 0. The maximum atomic E-state index is 13.1. The van der Waals surface area contributed by atoms with Gasteiger partial charge in [0.05, 0.1) is 12.9 Å². The molecule has 3 fully saturated rings. The highest BCUT2D eigenvalue weighted by Crippen LogP contribution is 2.61. The van der Waals surface area contributed by atoms with E-state index < -0.39 is 108 Å². The van der Waals surface area contributed by atoms with Gasteiger partial charge in [0.2, 0.25) is 5.91 Å². The van der Waals surface area contributed by atoms with Gasteiger partial charge in [-0.1, -0.05) is 6.08 Å². The van der Waals surface area contributed by atoms with Crippen molar-refractivity contribution in [2.75, 3.05) is 18.9 Å². The summed E-state index contributed by atoms with van der Waals surface area (Å²) in [4.78, 5) is 71.1. The van der Waals surface area contributed by atoms with Crippen molar-refractivity contribution < 1.29 is 86.0 Å². The van der Waals surface area contributed by atoms with Crippen LogP contribution in [0, 0.1) is 0 Å². The second-order valence-corrected chi connectivity index (χ2v) is 15.3. The number of carbonyl (C=O) groups is 3. The number of hydrogen-bond acceptors (Lipinski definition) is 22. The molecular formula is C26H34N8O18P2. The van der Waals surface area contributed by atoms with Gasteiger partial charge < -0.3 is 71.3 Å². The SMILES string of the molecule is NC(=O)C1=CN(C2O[C@H](COP(=O)(O)OP(=O)(O)OC[C@@]34OC(=O)[C@H](N)CCC(=O)O[C@@]3(O)[C@@H](O)[C@H](n3cnc5c(N)ncnc53)O4)C(O)C2O)C=CC1. The van der Waals surface area contributed by atoms with Crippen molar-refractivity contribution in [1.29, 1.82) is 0 Å². The number of primary amides is 1. The van der Waals surface area contributed by atoms with E-state index in [9.17, 15) is 53.7 Å². The number of esters is 2. The average molecular weight is 809 g/mol. The van der Waals surface area contributed by atoms with Gasteiger partial charge in [0.15, 0.2) is 30.0 Å². The topological polar surface area (TPSA) is 396 Å². The number of aliphatic hydroxyl groups is 4. The molecule has 0 saturated carbocycles. The highest BCUT2D eigenvalue weighted by atomic mass is 31.3. The summed E-state index contributed by atoms with van der Waals surface area (Å²) < 4.78 is 62.3. The molecule has 2 aromatic heterocycles. The molecule has 0 radical (unpaired) electrons. The number of anilines is 1. The van der Waals surface area contributed by atoms with Crippen LogP contribution in [0.2, 0.25) is 0 Å². The van der Waals surface area contributed by atoms with E-state index in [2.05, 4.69) is 19.3 Å². The van der Waals surface area contributed by atoms with Crippen LogP contribution in [-0.4, -0.2) is 134 Å². The molecule has 0 bridgehead atoms. The molecule has 4 aliphatic rings. The maximum absolute atomic E-state index is 13.1. The number of hydrogen-bond donors (Lipinski definition) is 9. The van der Waals surface area contributed by atoms with Gasteiger partial charge in [-0.2, -0.15) is 4.31 Å². The van der Waals surface area contributed by atoms with Gasteiger partial charge in [0.1, 0.15) is 42.8 Å². The fourth-order valence-corrected chi connectivity index (χ4v) is 7.90. The van der Waals surface area contributed by atoms with E-state index in [0.717, 1.165) is 17.2 Å². The van der Waals surface area contributed by atoms with Gasteiger partial charge in [0.25, 0.3) is 0 Å². The minimum atomic E-state index is -5.89. The Labute approximate surface area is 301 Å². The van der Waals surface area contributed by atoms with Crippen molar-refractivity contribution in [3.8, 4) is 0 Å². The molecule has 12 N–H and O–H groups in total. The number of phosphoric ester groups is 2.